The highest BCUT2D eigenvalue weighted by atomic mass is 35.5. The van der Waals surface area contributed by atoms with Crippen molar-refractivity contribution in [1.82, 2.24) is 10.6 Å². The van der Waals surface area contributed by atoms with E-state index in [2.05, 4.69) is 16.0 Å². The van der Waals surface area contributed by atoms with Crippen LogP contribution in [-0.2, 0) is 6.54 Å². The van der Waals surface area contributed by atoms with Crippen LogP contribution in [0.1, 0.15) is 26.5 Å². The lowest BCUT2D eigenvalue weighted by molar-refractivity contribution is 0.0946. The fourth-order valence-electron chi connectivity index (χ4n) is 2.36. The van der Waals surface area contributed by atoms with Crippen molar-refractivity contribution in [3.05, 3.63) is 88.8 Å². The third kappa shape index (κ3) is 5.42. The van der Waals surface area contributed by atoms with Crippen LogP contribution >= 0.6 is 23.8 Å². The van der Waals surface area contributed by atoms with E-state index in [0.717, 1.165) is 0 Å². The van der Waals surface area contributed by atoms with Crippen LogP contribution < -0.4 is 16.0 Å². The van der Waals surface area contributed by atoms with E-state index < -0.39 is 0 Å². The lowest BCUT2D eigenvalue weighted by atomic mass is 10.2. The van der Waals surface area contributed by atoms with Crippen molar-refractivity contribution in [3.63, 3.8) is 0 Å². The fraction of sp³-hybridized carbons (Fsp3) is 0.0500. The Labute approximate surface area is 171 Å². The van der Waals surface area contributed by atoms with Crippen LogP contribution in [-0.4, -0.2) is 16.9 Å². The van der Waals surface area contributed by atoms with E-state index in [4.69, 9.17) is 28.2 Å². The van der Waals surface area contributed by atoms with Crippen molar-refractivity contribution in [2.24, 2.45) is 0 Å². The number of hydrogen-bond acceptors (Lipinski definition) is 4. The van der Waals surface area contributed by atoms with Crippen molar-refractivity contribution in [1.29, 1.82) is 0 Å². The van der Waals surface area contributed by atoms with Gasteiger partial charge < -0.3 is 15.1 Å². The molecule has 0 saturated carbocycles. The summed E-state index contributed by atoms with van der Waals surface area (Å²) in [6.07, 6.45) is 1.55. The van der Waals surface area contributed by atoms with E-state index in [1.165, 1.54) is 0 Å². The standard InChI is InChI=1S/C20H16ClN3O3S/c21-15-8-6-13(7-9-15)19(26)24-20(28)23-16-4-1-3-14(11-16)18(25)22-12-17-5-2-10-27-17/h1-11H,12H2,(H,22,25)(H2,23,24,26,28). The highest BCUT2D eigenvalue weighted by Gasteiger charge is 2.10. The molecule has 3 rings (SSSR count). The number of halogens is 1. The normalized spacial score (nSPS) is 10.2. The SMILES string of the molecule is O=C(NCc1ccco1)c1cccc(NC(=S)NC(=O)c2ccc(Cl)cc2)c1. The van der Waals surface area contributed by atoms with E-state index >= 15 is 0 Å². The van der Waals surface area contributed by atoms with Gasteiger partial charge in [0.05, 0.1) is 12.8 Å². The molecule has 142 valence electrons. The summed E-state index contributed by atoms with van der Waals surface area (Å²) < 4.78 is 5.18. The molecule has 0 atom stereocenters. The smallest absolute Gasteiger partial charge is 0.257 e. The number of anilines is 1. The van der Waals surface area contributed by atoms with E-state index in [0.29, 0.717) is 34.1 Å². The maximum Gasteiger partial charge on any atom is 0.257 e. The van der Waals surface area contributed by atoms with Gasteiger partial charge in [-0.2, -0.15) is 0 Å². The molecule has 0 aliphatic heterocycles. The molecule has 0 aliphatic carbocycles. The number of thiocarbonyl (C=S) groups is 1. The van der Waals surface area contributed by atoms with Gasteiger partial charge in [-0.3, -0.25) is 14.9 Å². The molecule has 0 unspecified atom stereocenters. The number of carbonyl (C=O) groups excluding carboxylic acids is 2. The maximum atomic E-state index is 12.3. The summed E-state index contributed by atoms with van der Waals surface area (Å²) in [7, 11) is 0. The van der Waals surface area contributed by atoms with Gasteiger partial charge in [0.15, 0.2) is 5.11 Å². The number of carbonyl (C=O) groups is 2. The number of hydrogen-bond donors (Lipinski definition) is 3. The van der Waals surface area contributed by atoms with Gasteiger partial charge in [0, 0.05) is 21.8 Å². The molecule has 0 bridgehead atoms. The van der Waals surface area contributed by atoms with Crippen molar-refractivity contribution in [3.8, 4) is 0 Å². The molecule has 2 amide bonds. The van der Waals surface area contributed by atoms with Crippen LogP contribution in [0.15, 0.2) is 71.3 Å². The Bertz CT molecular complexity index is 988. The minimum atomic E-state index is -0.360. The molecule has 2 aromatic carbocycles. The molecular formula is C20H16ClN3O3S. The first-order valence-electron chi connectivity index (χ1n) is 8.30. The Morgan fingerprint density at radius 1 is 0.964 bits per heavy atom. The summed E-state index contributed by atoms with van der Waals surface area (Å²) in [4.78, 5) is 24.4. The summed E-state index contributed by atoms with van der Waals surface area (Å²) in [5.41, 5.74) is 1.45. The third-order valence-corrected chi connectivity index (χ3v) is 4.18. The van der Waals surface area contributed by atoms with Gasteiger partial charge in [-0.25, -0.2) is 0 Å². The van der Waals surface area contributed by atoms with Gasteiger partial charge in [0.1, 0.15) is 5.76 Å². The highest BCUT2D eigenvalue weighted by Crippen LogP contribution is 2.12. The lowest BCUT2D eigenvalue weighted by Crippen LogP contribution is -2.34. The number of nitrogens with one attached hydrogen (secondary N) is 3. The minimum Gasteiger partial charge on any atom is -0.467 e. The zero-order chi connectivity index (χ0) is 19.9. The summed E-state index contributed by atoms with van der Waals surface area (Å²) in [6, 6.07) is 16.8. The quantitative estimate of drug-likeness (QED) is 0.551. The average molecular weight is 414 g/mol. The van der Waals surface area contributed by atoms with E-state index in [9.17, 15) is 9.59 Å². The molecule has 28 heavy (non-hydrogen) atoms. The molecule has 0 spiro atoms. The van der Waals surface area contributed by atoms with Crippen LogP contribution in [0.4, 0.5) is 5.69 Å². The summed E-state index contributed by atoms with van der Waals surface area (Å²) >= 11 is 11.0. The van der Waals surface area contributed by atoms with Crippen molar-refractivity contribution in [2.45, 2.75) is 6.54 Å². The van der Waals surface area contributed by atoms with Crippen molar-refractivity contribution < 1.29 is 14.0 Å². The topological polar surface area (TPSA) is 83.4 Å². The molecule has 1 aromatic heterocycles. The molecule has 3 aromatic rings. The number of benzene rings is 2. The summed E-state index contributed by atoms with van der Waals surface area (Å²) in [6.45, 7) is 0.291. The van der Waals surface area contributed by atoms with Gasteiger partial charge in [-0.15, -0.1) is 0 Å². The van der Waals surface area contributed by atoms with E-state index in [-0.39, 0.29) is 16.9 Å². The first-order valence-corrected chi connectivity index (χ1v) is 9.08. The molecular weight excluding hydrogens is 398 g/mol. The molecule has 6 nitrogen and oxygen atoms in total. The largest absolute Gasteiger partial charge is 0.467 e. The Morgan fingerprint density at radius 3 is 2.46 bits per heavy atom. The van der Waals surface area contributed by atoms with Crippen LogP contribution in [0.2, 0.25) is 5.02 Å². The first-order chi connectivity index (χ1) is 13.5. The van der Waals surface area contributed by atoms with E-state index in [1.54, 1.807) is 66.9 Å². The highest BCUT2D eigenvalue weighted by molar-refractivity contribution is 7.80. The fourth-order valence-corrected chi connectivity index (χ4v) is 2.70. The average Bonchev–Trinajstić information content (AvgIpc) is 3.20. The molecule has 0 aliphatic rings. The third-order valence-electron chi connectivity index (χ3n) is 3.72. The van der Waals surface area contributed by atoms with Crippen LogP contribution in [0.3, 0.4) is 0 Å². The number of rotatable bonds is 5. The number of furan rings is 1. The molecule has 0 fully saturated rings. The predicted octanol–water partition coefficient (Wildman–Crippen LogP) is 3.99. The lowest BCUT2D eigenvalue weighted by Gasteiger charge is -2.11. The molecule has 8 heteroatoms. The Hall–Kier alpha value is -3.16. The number of amides is 2. The predicted molar refractivity (Wildman–Crippen MR) is 111 cm³/mol. The Balaban J connectivity index is 1.57. The Morgan fingerprint density at radius 2 is 1.75 bits per heavy atom. The second kappa shape index (κ2) is 9.16. The van der Waals surface area contributed by atoms with Crippen molar-refractivity contribution in [2.75, 3.05) is 5.32 Å². The first kappa shape index (κ1) is 19.6. The second-order valence-electron chi connectivity index (χ2n) is 5.76. The van der Waals surface area contributed by atoms with Crippen LogP contribution in [0.25, 0.3) is 0 Å². The summed E-state index contributed by atoms with van der Waals surface area (Å²) in [5, 5.41) is 8.90. The molecule has 0 saturated heterocycles. The maximum absolute atomic E-state index is 12.3. The zero-order valence-corrected chi connectivity index (χ0v) is 16.1. The molecule has 1 heterocycles. The van der Waals surface area contributed by atoms with Crippen molar-refractivity contribution >= 4 is 46.4 Å². The van der Waals surface area contributed by atoms with Gasteiger partial charge >= 0.3 is 0 Å². The Kier molecular flexibility index (Phi) is 6.41. The monoisotopic (exact) mass is 413 g/mol. The summed E-state index contributed by atoms with van der Waals surface area (Å²) in [5.74, 6) is 0.0476. The minimum absolute atomic E-state index is 0.119. The van der Waals surface area contributed by atoms with Gasteiger partial charge in [-0.1, -0.05) is 17.7 Å². The molecule has 3 N–H and O–H groups in total. The van der Waals surface area contributed by atoms with Crippen LogP contribution in [0, 0.1) is 0 Å². The van der Waals surface area contributed by atoms with Crippen LogP contribution in [0.5, 0.6) is 0 Å². The van der Waals surface area contributed by atoms with Gasteiger partial charge in [-0.05, 0) is 66.8 Å². The molecule has 0 radical (unpaired) electrons. The second-order valence-corrected chi connectivity index (χ2v) is 6.60. The zero-order valence-electron chi connectivity index (χ0n) is 14.6. The van der Waals surface area contributed by atoms with Gasteiger partial charge in [0.25, 0.3) is 11.8 Å². The van der Waals surface area contributed by atoms with E-state index in [1.807, 2.05) is 0 Å². The van der Waals surface area contributed by atoms with Gasteiger partial charge in [0.2, 0.25) is 0 Å².